The van der Waals surface area contributed by atoms with Crippen LogP contribution in [0.1, 0.15) is 18.4 Å². The van der Waals surface area contributed by atoms with E-state index in [2.05, 4.69) is 19.6 Å². The van der Waals surface area contributed by atoms with Gasteiger partial charge < -0.3 is 23.8 Å². The smallest absolute Gasteiger partial charge is 0.491 e. The number of nitrogens with zero attached hydrogens (tertiary/aromatic N) is 2. The quantitative estimate of drug-likeness (QED) is 0.696. The molecular weight excluding hydrogens is 393 g/mol. The number of fused-ring (bicyclic) bond motifs is 1. The molecule has 29 heavy (non-hydrogen) atoms. The highest BCUT2D eigenvalue weighted by molar-refractivity contribution is 5.57. The molecule has 0 radical (unpaired) electrons. The number of halogens is 3. The first kappa shape index (κ1) is 17.7. The van der Waals surface area contributed by atoms with Gasteiger partial charge >= 0.3 is 6.29 Å². The summed E-state index contributed by atoms with van der Waals surface area (Å²) in [7, 11) is 0. The molecule has 2 aromatic heterocycles. The van der Waals surface area contributed by atoms with Crippen LogP contribution in [0.25, 0.3) is 11.3 Å². The minimum Gasteiger partial charge on any atom is -0.491 e. The molecule has 0 amide bonds. The lowest BCUT2D eigenvalue weighted by molar-refractivity contribution is -0.286. The SMILES string of the molecule is Oc1cc(-c2ccc(O[C@H]3C[C@@](F)(c4ccc5c(c4)OC(F)(F)O5)C3)nc2)on1. The Morgan fingerprint density at radius 3 is 2.52 bits per heavy atom. The molecule has 3 aromatic rings. The fourth-order valence-electron chi connectivity index (χ4n) is 3.38. The van der Waals surface area contributed by atoms with Crippen molar-refractivity contribution in [1.29, 1.82) is 0 Å². The van der Waals surface area contributed by atoms with Crippen LogP contribution < -0.4 is 14.2 Å². The van der Waals surface area contributed by atoms with Crippen molar-refractivity contribution in [3.8, 4) is 34.6 Å². The maximum atomic E-state index is 15.1. The lowest BCUT2D eigenvalue weighted by atomic mass is 9.74. The van der Waals surface area contributed by atoms with Crippen LogP contribution in [0.5, 0.6) is 23.3 Å². The van der Waals surface area contributed by atoms with Crippen LogP contribution in [0, 0.1) is 0 Å². The molecule has 0 unspecified atom stereocenters. The largest absolute Gasteiger partial charge is 0.586 e. The van der Waals surface area contributed by atoms with E-state index in [1.54, 1.807) is 12.1 Å². The lowest BCUT2D eigenvalue weighted by Gasteiger charge is -2.41. The topological polar surface area (TPSA) is 86.8 Å². The number of aromatic hydroxyl groups is 1. The van der Waals surface area contributed by atoms with Gasteiger partial charge in [-0.1, -0.05) is 6.07 Å². The maximum Gasteiger partial charge on any atom is 0.586 e. The standard InChI is InChI=1S/C19H13F3N2O5/c20-18(11-2-3-13-15(5-11)28-19(21,22)27-13)7-12(8-18)26-17-4-1-10(9-23-17)14-6-16(25)24-29-14/h1-6,9,12H,7-8H2,(H,24,25)/t12-,18-. The molecule has 1 saturated carbocycles. The average molecular weight is 406 g/mol. The second-order valence-corrected chi connectivity index (χ2v) is 6.88. The number of ether oxygens (including phenoxy) is 3. The highest BCUT2D eigenvalue weighted by atomic mass is 19.3. The van der Waals surface area contributed by atoms with Gasteiger partial charge in [-0.25, -0.2) is 9.37 Å². The molecular formula is C19H13F3N2O5. The molecule has 1 fully saturated rings. The predicted octanol–water partition coefficient (Wildman–Crippen LogP) is 4.17. The van der Waals surface area contributed by atoms with Gasteiger partial charge in [0, 0.05) is 36.7 Å². The number of benzene rings is 1. The second kappa shape index (κ2) is 6.03. The Morgan fingerprint density at radius 2 is 1.83 bits per heavy atom. The van der Waals surface area contributed by atoms with Gasteiger partial charge in [0.25, 0.3) is 5.88 Å². The molecule has 150 valence electrons. The van der Waals surface area contributed by atoms with Crippen molar-refractivity contribution in [3.63, 3.8) is 0 Å². The summed E-state index contributed by atoms with van der Waals surface area (Å²) in [5.74, 6) is 0.0981. The highest BCUT2D eigenvalue weighted by Gasteiger charge is 2.50. The summed E-state index contributed by atoms with van der Waals surface area (Å²) in [5.41, 5.74) is -0.889. The molecule has 2 aliphatic rings. The van der Waals surface area contributed by atoms with E-state index in [9.17, 15) is 13.9 Å². The van der Waals surface area contributed by atoms with E-state index in [4.69, 9.17) is 9.26 Å². The minimum atomic E-state index is -3.74. The van der Waals surface area contributed by atoms with Crippen molar-refractivity contribution in [1.82, 2.24) is 10.1 Å². The third-order valence-corrected chi connectivity index (χ3v) is 4.83. The van der Waals surface area contributed by atoms with Crippen molar-refractivity contribution >= 4 is 0 Å². The molecule has 5 rings (SSSR count). The van der Waals surface area contributed by atoms with Crippen LogP contribution in [0.2, 0.25) is 0 Å². The van der Waals surface area contributed by atoms with Crippen molar-refractivity contribution in [2.24, 2.45) is 0 Å². The van der Waals surface area contributed by atoms with Gasteiger partial charge in [-0.05, 0) is 28.9 Å². The fourth-order valence-corrected chi connectivity index (χ4v) is 3.38. The average Bonchev–Trinajstić information content (AvgIpc) is 3.21. The van der Waals surface area contributed by atoms with Crippen LogP contribution in [0.4, 0.5) is 13.2 Å². The summed E-state index contributed by atoms with van der Waals surface area (Å²) >= 11 is 0. The number of aromatic nitrogens is 2. The Kier molecular flexibility index (Phi) is 3.67. The van der Waals surface area contributed by atoms with Crippen molar-refractivity contribution in [2.75, 3.05) is 0 Å². The summed E-state index contributed by atoms with van der Waals surface area (Å²) in [6, 6.07) is 8.51. The molecule has 10 heteroatoms. The summed E-state index contributed by atoms with van der Waals surface area (Å²) in [6.07, 6.45) is -2.59. The summed E-state index contributed by atoms with van der Waals surface area (Å²) in [6.45, 7) is 0. The molecule has 1 aliphatic carbocycles. The Bertz CT molecular complexity index is 1060. The van der Waals surface area contributed by atoms with Crippen molar-refractivity contribution < 1.29 is 37.0 Å². The van der Waals surface area contributed by atoms with E-state index < -0.39 is 18.1 Å². The zero-order valence-corrected chi connectivity index (χ0v) is 14.6. The third kappa shape index (κ3) is 3.20. The molecule has 1 aliphatic heterocycles. The van der Waals surface area contributed by atoms with Crippen LogP contribution in [0.15, 0.2) is 47.1 Å². The van der Waals surface area contributed by atoms with E-state index in [1.165, 1.54) is 30.5 Å². The maximum absolute atomic E-state index is 15.1. The van der Waals surface area contributed by atoms with E-state index >= 15 is 4.39 Å². The normalized spacial score (nSPS) is 24.2. The van der Waals surface area contributed by atoms with Gasteiger partial charge in [0.1, 0.15) is 11.8 Å². The molecule has 7 nitrogen and oxygen atoms in total. The Balaban J connectivity index is 1.23. The van der Waals surface area contributed by atoms with Crippen LogP contribution >= 0.6 is 0 Å². The fraction of sp³-hybridized carbons (Fsp3) is 0.263. The van der Waals surface area contributed by atoms with E-state index in [0.717, 1.165) is 0 Å². The molecule has 0 atom stereocenters. The van der Waals surface area contributed by atoms with Crippen LogP contribution in [-0.4, -0.2) is 27.6 Å². The van der Waals surface area contributed by atoms with Gasteiger partial charge in [0.05, 0.1) is 0 Å². The van der Waals surface area contributed by atoms with E-state index in [1.807, 2.05) is 0 Å². The predicted molar refractivity (Wildman–Crippen MR) is 90.5 cm³/mol. The van der Waals surface area contributed by atoms with Gasteiger partial charge in [0.15, 0.2) is 17.3 Å². The van der Waals surface area contributed by atoms with E-state index in [-0.39, 0.29) is 35.8 Å². The number of alkyl halides is 3. The lowest BCUT2D eigenvalue weighted by Crippen LogP contribution is -2.44. The first-order valence-corrected chi connectivity index (χ1v) is 8.68. The minimum absolute atomic E-state index is 0.0441. The number of hydrogen-bond donors (Lipinski definition) is 1. The van der Waals surface area contributed by atoms with Crippen LogP contribution in [0.3, 0.4) is 0 Å². The van der Waals surface area contributed by atoms with Crippen LogP contribution in [-0.2, 0) is 5.67 Å². The molecule has 1 N–H and O–H groups in total. The molecule has 1 aromatic carbocycles. The Labute approximate surface area is 161 Å². The third-order valence-electron chi connectivity index (χ3n) is 4.83. The molecule has 0 bridgehead atoms. The van der Waals surface area contributed by atoms with Crippen molar-refractivity contribution in [2.45, 2.75) is 30.9 Å². The summed E-state index contributed by atoms with van der Waals surface area (Å²) in [4.78, 5) is 4.14. The second-order valence-electron chi connectivity index (χ2n) is 6.88. The first-order chi connectivity index (χ1) is 13.8. The van der Waals surface area contributed by atoms with Crippen molar-refractivity contribution in [3.05, 3.63) is 48.2 Å². The number of pyridine rings is 1. The molecule has 3 heterocycles. The number of hydrogen-bond acceptors (Lipinski definition) is 7. The highest BCUT2D eigenvalue weighted by Crippen LogP contribution is 2.50. The Hall–Kier alpha value is -3.43. The first-order valence-electron chi connectivity index (χ1n) is 8.68. The summed E-state index contributed by atoms with van der Waals surface area (Å²) in [5, 5.41) is 12.6. The van der Waals surface area contributed by atoms with Gasteiger partial charge in [-0.15, -0.1) is 8.78 Å². The van der Waals surface area contributed by atoms with E-state index in [0.29, 0.717) is 17.2 Å². The molecule has 0 saturated heterocycles. The van der Waals surface area contributed by atoms with Gasteiger partial charge in [-0.3, -0.25) is 0 Å². The molecule has 0 spiro atoms. The summed E-state index contributed by atoms with van der Waals surface area (Å²) < 4.78 is 60.6. The van der Waals surface area contributed by atoms with Gasteiger partial charge in [-0.2, -0.15) is 0 Å². The Morgan fingerprint density at radius 1 is 1.03 bits per heavy atom. The monoisotopic (exact) mass is 406 g/mol. The zero-order valence-electron chi connectivity index (χ0n) is 14.6. The zero-order chi connectivity index (χ0) is 20.2. The number of rotatable bonds is 4. The van der Waals surface area contributed by atoms with Gasteiger partial charge in [0.2, 0.25) is 5.88 Å².